The second kappa shape index (κ2) is 7.63. The minimum atomic E-state index is -3.77. The largest absolute Gasteiger partial charge is 0.497 e. The van der Waals surface area contributed by atoms with E-state index in [4.69, 9.17) is 4.74 Å². The highest BCUT2D eigenvalue weighted by Gasteiger charge is 2.22. The molecule has 5 nitrogen and oxygen atoms in total. The van der Waals surface area contributed by atoms with Gasteiger partial charge in [-0.3, -0.25) is 4.79 Å². The van der Waals surface area contributed by atoms with Gasteiger partial charge in [-0.1, -0.05) is 35.9 Å². The van der Waals surface area contributed by atoms with E-state index in [1.165, 1.54) is 13.2 Å². The van der Waals surface area contributed by atoms with E-state index in [2.05, 4.69) is 5.32 Å². The number of aryl methyl sites for hydroxylation is 1. The molecular weight excluding hydrogens is 362 g/mol. The van der Waals surface area contributed by atoms with E-state index in [0.29, 0.717) is 11.3 Å². The summed E-state index contributed by atoms with van der Waals surface area (Å²) >= 11 is 0. The number of hydrogen-bond donors (Lipinski definition) is 1. The summed E-state index contributed by atoms with van der Waals surface area (Å²) < 4.78 is 31.2. The van der Waals surface area contributed by atoms with Gasteiger partial charge in [-0.15, -0.1) is 0 Å². The predicted molar refractivity (Wildman–Crippen MR) is 104 cm³/mol. The molecule has 0 aliphatic carbocycles. The number of sulfone groups is 1. The first-order valence-corrected chi connectivity index (χ1v) is 9.76. The zero-order valence-corrected chi connectivity index (χ0v) is 15.8. The molecule has 0 aliphatic rings. The lowest BCUT2D eigenvalue weighted by Crippen LogP contribution is -2.15. The predicted octanol–water partition coefficient (Wildman–Crippen LogP) is 4.09. The second-order valence-corrected chi connectivity index (χ2v) is 7.92. The van der Waals surface area contributed by atoms with Gasteiger partial charge >= 0.3 is 0 Å². The molecule has 3 aromatic rings. The van der Waals surface area contributed by atoms with Crippen LogP contribution in [0.2, 0.25) is 0 Å². The van der Waals surface area contributed by atoms with Crippen LogP contribution in [0, 0.1) is 6.92 Å². The number of amides is 1. The normalized spacial score (nSPS) is 11.0. The molecule has 0 aromatic heterocycles. The van der Waals surface area contributed by atoms with Crippen LogP contribution in [0.1, 0.15) is 15.9 Å². The van der Waals surface area contributed by atoms with Crippen molar-refractivity contribution in [1.82, 2.24) is 0 Å². The maximum absolute atomic E-state index is 13.0. The van der Waals surface area contributed by atoms with Crippen molar-refractivity contribution >= 4 is 21.4 Å². The van der Waals surface area contributed by atoms with Crippen molar-refractivity contribution in [3.63, 3.8) is 0 Å². The molecule has 1 amide bonds. The SMILES string of the molecule is COc1cccc(C(=O)Nc2ccccc2S(=O)(=O)c2ccc(C)cc2)c1. The summed E-state index contributed by atoms with van der Waals surface area (Å²) in [6.45, 7) is 1.89. The summed E-state index contributed by atoms with van der Waals surface area (Å²) in [4.78, 5) is 12.8. The first kappa shape index (κ1) is 18.7. The number of anilines is 1. The van der Waals surface area contributed by atoms with Gasteiger partial charge in [0.25, 0.3) is 5.91 Å². The molecule has 138 valence electrons. The number of hydrogen-bond acceptors (Lipinski definition) is 4. The Morgan fingerprint density at radius 3 is 2.33 bits per heavy atom. The number of carbonyl (C=O) groups excluding carboxylic acids is 1. The van der Waals surface area contributed by atoms with Crippen molar-refractivity contribution in [2.45, 2.75) is 16.7 Å². The number of rotatable bonds is 5. The van der Waals surface area contributed by atoms with E-state index in [0.717, 1.165) is 5.56 Å². The van der Waals surface area contributed by atoms with Gasteiger partial charge < -0.3 is 10.1 Å². The molecular formula is C21H19NO4S. The lowest BCUT2D eigenvalue weighted by atomic mass is 10.2. The van der Waals surface area contributed by atoms with E-state index in [1.54, 1.807) is 66.7 Å². The standard InChI is InChI=1S/C21H19NO4S/c1-15-10-12-18(13-11-15)27(24,25)20-9-4-3-8-19(20)22-21(23)16-6-5-7-17(14-16)26-2/h3-14H,1-2H3,(H,22,23). The van der Waals surface area contributed by atoms with Crippen molar-refractivity contribution in [3.8, 4) is 5.75 Å². The lowest BCUT2D eigenvalue weighted by Gasteiger charge is -2.12. The van der Waals surface area contributed by atoms with Crippen LogP contribution >= 0.6 is 0 Å². The van der Waals surface area contributed by atoms with Crippen LogP contribution in [0.3, 0.4) is 0 Å². The number of nitrogens with one attached hydrogen (secondary N) is 1. The van der Waals surface area contributed by atoms with Crippen LogP contribution < -0.4 is 10.1 Å². The Hall–Kier alpha value is -3.12. The van der Waals surface area contributed by atoms with Crippen molar-refractivity contribution in [2.24, 2.45) is 0 Å². The van der Waals surface area contributed by atoms with Gasteiger partial charge in [-0.25, -0.2) is 8.42 Å². The summed E-state index contributed by atoms with van der Waals surface area (Å²) in [6, 6.07) is 19.6. The highest BCUT2D eigenvalue weighted by Crippen LogP contribution is 2.28. The highest BCUT2D eigenvalue weighted by atomic mass is 32.2. The van der Waals surface area contributed by atoms with Crippen LogP contribution in [0.4, 0.5) is 5.69 Å². The van der Waals surface area contributed by atoms with Crippen molar-refractivity contribution in [2.75, 3.05) is 12.4 Å². The molecule has 0 spiro atoms. The Balaban J connectivity index is 1.96. The summed E-state index contributed by atoms with van der Waals surface area (Å²) in [7, 11) is -2.25. The number of para-hydroxylation sites is 1. The molecule has 6 heteroatoms. The van der Waals surface area contributed by atoms with Crippen LogP contribution in [-0.2, 0) is 9.84 Å². The molecule has 0 aliphatic heterocycles. The third-order valence-electron chi connectivity index (χ3n) is 4.09. The Bertz CT molecular complexity index is 1070. The minimum Gasteiger partial charge on any atom is -0.497 e. The van der Waals surface area contributed by atoms with E-state index in [1.807, 2.05) is 6.92 Å². The molecule has 0 atom stereocenters. The number of methoxy groups -OCH3 is 1. The molecule has 0 bridgehead atoms. The van der Waals surface area contributed by atoms with Gasteiger partial charge in [0.15, 0.2) is 0 Å². The van der Waals surface area contributed by atoms with Crippen molar-refractivity contribution in [3.05, 3.63) is 83.9 Å². The number of carbonyl (C=O) groups is 1. The van der Waals surface area contributed by atoms with Crippen molar-refractivity contribution < 1.29 is 17.9 Å². The van der Waals surface area contributed by atoms with Gasteiger partial charge in [0.05, 0.1) is 22.6 Å². The average molecular weight is 381 g/mol. The summed E-state index contributed by atoms with van der Waals surface area (Å²) in [5, 5.41) is 2.69. The summed E-state index contributed by atoms with van der Waals surface area (Å²) in [5.74, 6) is 0.128. The van der Waals surface area contributed by atoms with Gasteiger partial charge in [-0.2, -0.15) is 0 Å². The fraction of sp³-hybridized carbons (Fsp3) is 0.0952. The van der Waals surface area contributed by atoms with Gasteiger partial charge in [0.2, 0.25) is 9.84 Å². The molecule has 0 unspecified atom stereocenters. The number of benzene rings is 3. The van der Waals surface area contributed by atoms with Gasteiger partial charge in [-0.05, 0) is 49.4 Å². The fourth-order valence-corrected chi connectivity index (χ4v) is 4.02. The monoisotopic (exact) mass is 381 g/mol. The van der Waals surface area contributed by atoms with E-state index in [-0.39, 0.29) is 15.5 Å². The number of ether oxygens (including phenoxy) is 1. The average Bonchev–Trinajstić information content (AvgIpc) is 2.68. The zero-order valence-electron chi connectivity index (χ0n) is 15.0. The maximum atomic E-state index is 13.0. The summed E-state index contributed by atoms with van der Waals surface area (Å²) in [6.07, 6.45) is 0. The molecule has 1 N–H and O–H groups in total. The van der Waals surface area contributed by atoms with Crippen LogP contribution in [-0.4, -0.2) is 21.4 Å². The molecule has 0 saturated carbocycles. The van der Waals surface area contributed by atoms with Crippen molar-refractivity contribution in [1.29, 1.82) is 0 Å². The van der Waals surface area contributed by atoms with E-state index in [9.17, 15) is 13.2 Å². The van der Waals surface area contributed by atoms with Crippen LogP contribution in [0.25, 0.3) is 0 Å². The third-order valence-corrected chi connectivity index (χ3v) is 5.92. The van der Waals surface area contributed by atoms with Gasteiger partial charge in [0.1, 0.15) is 5.75 Å². The first-order valence-electron chi connectivity index (χ1n) is 8.28. The lowest BCUT2D eigenvalue weighted by molar-refractivity contribution is 0.102. The molecule has 0 fully saturated rings. The quantitative estimate of drug-likeness (QED) is 0.722. The maximum Gasteiger partial charge on any atom is 0.255 e. The van der Waals surface area contributed by atoms with Crippen LogP contribution in [0.5, 0.6) is 5.75 Å². The topological polar surface area (TPSA) is 72.5 Å². The molecule has 27 heavy (non-hydrogen) atoms. The molecule has 3 aromatic carbocycles. The Kier molecular flexibility index (Phi) is 5.28. The summed E-state index contributed by atoms with van der Waals surface area (Å²) in [5.41, 5.74) is 1.57. The Morgan fingerprint density at radius 2 is 1.63 bits per heavy atom. The molecule has 3 rings (SSSR count). The minimum absolute atomic E-state index is 0.0464. The molecule has 0 radical (unpaired) electrons. The van der Waals surface area contributed by atoms with Gasteiger partial charge in [0, 0.05) is 5.56 Å². The van der Waals surface area contributed by atoms with E-state index >= 15 is 0 Å². The van der Waals surface area contributed by atoms with Crippen LogP contribution in [0.15, 0.2) is 82.6 Å². The Morgan fingerprint density at radius 1 is 0.926 bits per heavy atom. The fourth-order valence-electron chi connectivity index (χ4n) is 2.61. The molecule has 0 heterocycles. The first-order chi connectivity index (χ1) is 12.9. The third kappa shape index (κ3) is 4.01. The second-order valence-electron chi connectivity index (χ2n) is 6.00. The molecule has 0 saturated heterocycles. The van der Waals surface area contributed by atoms with E-state index < -0.39 is 15.7 Å². The zero-order chi connectivity index (χ0) is 19.4. The highest BCUT2D eigenvalue weighted by molar-refractivity contribution is 7.91. The smallest absolute Gasteiger partial charge is 0.255 e. The Labute approximate surface area is 158 Å².